The lowest BCUT2D eigenvalue weighted by atomic mass is 10.2. The first-order chi connectivity index (χ1) is 11.6. The van der Waals surface area contributed by atoms with Crippen LogP contribution in [0.25, 0.3) is 0 Å². The maximum Gasteiger partial charge on any atom is 0.228 e. The summed E-state index contributed by atoms with van der Waals surface area (Å²) < 4.78 is 0. The Hall–Kier alpha value is -2.39. The molecule has 126 valence electrons. The van der Waals surface area contributed by atoms with Crippen LogP contribution >= 0.6 is 0 Å². The molecule has 0 spiro atoms. The van der Waals surface area contributed by atoms with Crippen LogP contribution < -0.4 is 5.32 Å². The van der Waals surface area contributed by atoms with Crippen molar-refractivity contribution in [2.75, 3.05) is 38.0 Å². The highest BCUT2D eigenvalue weighted by molar-refractivity contribution is 5.99. The Balaban J connectivity index is 1.50. The molecule has 24 heavy (non-hydrogen) atoms. The van der Waals surface area contributed by atoms with E-state index in [1.54, 1.807) is 24.3 Å². The van der Waals surface area contributed by atoms with Crippen LogP contribution in [0, 0.1) is 23.2 Å². The van der Waals surface area contributed by atoms with E-state index in [1.165, 1.54) is 0 Å². The van der Waals surface area contributed by atoms with Crippen molar-refractivity contribution in [2.24, 2.45) is 11.8 Å². The number of carbonyl (C=O) groups excluding carboxylic acids is 2. The molecule has 0 aromatic heterocycles. The van der Waals surface area contributed by atoms with Gasteiger partial charge in [-0.3, -0.25) is 9.59 Å². The fraction of sp³-hybridized carbons (Fsp3) is 0.500. The Morgan fingerprint density at radius 3 is 2.42 bits per heavy atom. The van der Waals surface area contributed by atoms with Gasteiger partial charge < -0.3 is 15.1 Å². The fourth-order valence-corrected chi connectivity index (χ4v) is 3.14. The second-order valence-corrected chi connectivity index (χ2v) is 6.39. The van der Waals surface area contributed by atoms with Crippen LogP contribution in [-0.2, 0) is 9.59 Å². The van der Waals surface area contributed by atoms with Crippen molar-refractivity contribution < 1.29 is 9.59 Å². The molecule has 6 heteroatoms. The molecule has 2 aliphatic rings. The first kappa shape index (κ1) is 16.5. The standard InChI is InChI=1S/C18H22N4O2/c1-2-21-7-9-22(10-8-21)18(24)16-11-15(16)17(23)20-14-5-3-13(12-19)4-6-14/h3-6,15-16H,2,7-11H2,1H3,(H,20,23). The lowest BCUT2D eigenvalue weighted by molar-refractivity contribution is -0.135. The Morgan fingerprint density at radius 1 is 1.17 bits per heavy atom. The quantitative estimate of drug-likeness (QED) is 0.905. The number of rotatable bonds is 4. The smallest absolute Gasteiger partial charge is 0.228 e. The molecule has 1 N–H and O–H groups in total. The highest BCUT2D eigenvalue weighted by atomic mass is 16.2. The van der Waals surface area contributed by atoms with Gasteiger partial charge in [0.05, 0.1) is 23.5 Å². The van der Waals surface area contributed by atoms with E-state index in [-0.39, 0.29) is 23.7 Å². The van der Waals surface area contributed by atoms with Crippen molar-refractivity contribution in [1.29, 1.82) is 5.26 Å². The van der Waals surface area contributed by atoms with Gasteiger partial charge in [0.25, 0.3) is 0 Å². The molecule has 2 amide bonds. The van der Waals surface area contributed by atoms with Gasteiger partial charge in [-0.2, -0.15) is 5.26 Å². The third-order valence-corrected chi connectivity index (χ3v) is 4.86. The van der Waals surface area contributed by atoms with Gasteiger partial charge in [-0.05, 0) is 37.2 Å². The van der Waals surface area contributed by atoms with Gasteiger partial charge in [0.15, 0.2) is 0 Å². The Bertz CT molecular complexity index is 657. The predicted octanol–water partition coefficient (Wildman–Crippen LogP) is 1.30. The van der Waals surface area contributed by atoms with Gasteiger partial charge in [0, 0.05) is 31.9 Å². The number of hydrogen-bond acceptors (Lipinski definition) is 4. The molecule has 1 aromatic carbocycles. The molecule has 6 nitrogen and oxygen atoms in total. The van der Waals surface area contributed by atoms with Crippen molar-refractivity contribution in [3.63, 3.8) is 0 Å². The van der Waals surface area contributed by atoms with E-state index >= 15 is 0 Å². The van der Waals surface area contributed by atoms with Crippen molar-refractivity contribution in [3.05, 3.63) is 29.8 Å². The Morgan fingerprint density at radius 2 is 1.83 bits per heavy atom. The summed E-state index contributed by atoms with van der Waals surface area (Å²) in [5.74, 6) is -0.384. The third kappa shape index (κ3) is 3.57. The number of nitrogens with zero attached hydrogens (tertiary/aromatic N) is 3. The number of piperazine rings is 1. The molecule has 2 unspecified atom stereocenters. The van der Waals surface area contributed by atoms with Crippen LogP contribution in [0.3, 0.4) is 0 Å². The second kappa shape index (κ2) is 7.02. The molecule has 1 aliphatic heterocycles. The van der Waals surface area contributed by atoms with Crippen LogP contribution in [0.1, 0.15) is 18.9 Å². The summed E-state index contributed by atoms with van der Waals surface area (Å²) in [5.41, 5.74) is 1.22. The number of nitriles is 1. The van der Waals surface area contributed by atoms with E-state index in [1.807, 2.05) is 11.0 Å². The molecular formula is C18H22N4O2. The molecule has 0 bridgehead atoms. The Labute approximate surface area is 142 Å². The zero-order chi connectivity index (χ0) is 17.1. The molecule has 0 radical (unpaired) electrons. The van der Waals surface area contributed by atoms with Gasteiger partial charge in [0.2, 0.25) is 11.8 Å². The topological polar surface area (TPSA) is 76.4 Å². The maximum absolute atomic E-state index is 12.5. The number of carbonyl (C=O) groups is 2. The van der Waals surface area contributed by atoms with Crippen molar-refractivity contribution in [2.45, 2.75) is 13.3 Å². The number of likely N-dealkylation sites (N-methyl/N-ethyl adjacent to an activating group) is 1. The molecule has 1 aliphatic carbocycles. The molecule has 3 rings (SSSR count). The number of benzene rings is 1. The lowest BCUT2D eigenvalue weighted by Crippen LogP contribution is -2.49. The van der Waals surface area contributed by atoms with E-state index in [0.29, 0.717) is 17.7 Å². The molecular weight excluding hydrogens is 304 g/mol. The van der Waals surface area contributed by atoms with Crippen LogP contribution in [0.2, 0.25) is 0 Å². The first-order valence-corrected chi connectivity index (χ1v) is 8.44. The average Bonchev–Trinajstić information content (AvgIpc) is 3.43. The maximum atomic E-state index is 12.5. The molecule has 2 atom stereocenters. The minimum Gasteiger partial charge on any atom is -0.340 e. The van der Waals surface area contributed by atoms with Gasteiger partial charge in [-0.25, -0.2) is 0 Å². The van der Waals surface area contributed by atoms with E-state index in [4.69, 9.17) is 5.26 Å². The first-order valence-electron chi connectivity index (χ1n) is 8.44. The Kier molecular flexibility index (Phi) is 4.81. The van der Waals surface area contributed by atoms with E-state index in [9.17, 15) is 9.59 Å². The predicted molar refractivity (Wildman–Crippen MR) is 90.1 cm³/mol. The average molecular weight is 326 g/mol. The summed E-state index contributed by atoms with van der Waals surface area (Å²) in [6.45, 7) is 6.48. The largest absolute Gasteiger partial charge is 0.340 e. The monoisotopic (exact) mass is 326 g/mol. The molecule has 1 saturated heterocycles. The summed E-state index contributed by atoms with van der Waals surface area (Å²) in [7, 11) is 0. The number of amides is 2. The van der Waals surface area contributed by atoms with Crippen molar-refractivity contribution in [1.82, 2.24) is 9.80 Å². The van der Waals surface area contributed by atoms with Crippen LogP contribution in [0.5, 0.6) is 0 Å². The normalized spacial score (nSPS) is 23.4. The summed E-state index contributed by atoms with van der Waals surface area (Å²) in [4.78, 5) is 29.0. The highest BCUT2D eigenvalue weighted by Crippen LogP contribution is 2.41. The number of anilines is 1. The van der Waals surface area contributed by atoms with E-state index in [2.05, 4.69) is 17.1 Å². The van der Waals surface area contributed by atoms with Gasteiger partial charge >= 0.3 is 0 Å². The summed E-state index contributed by atoms with van der Waals surface area (Å²) in [6, 6.07) is 8.79. The third-order valence-electron chi connectivity index (χ3n) is 4.86. The van der Waals surface area contributed by atoms with Crippen LogP contribution in [0.15, 0.2) is 24.3 Å². The highest BCUT2D eigenvalue weighted by Gasteiger charge is 2.49. The second-order valence-electron chi connectivity index (χ2n) is 6.39. The molecule has 1 heterocycles. The molecule has 1 saturated carbocycles. The van der Waals surface area contributed by atoms with E-state index in [0.717, 1.165) is 32.7 Å². The van der Waals surface area contributed by atoms with Crippen LogP contribution in [-0.4, -0.2) is 54.3 Å². The SMILES string of the molecule is CCN1CCN(C(=O)C2CC2C(=O)Nc2ccc(C#N)cc2)CC1. The number of nitrogens with one attached hydrogen (secondary N) is 1. The van der Waals surface area contributed by atoms with Gasteiger partial charge in [0.1, 0.15) is 0 Å². The fourth-order valence-electron chi connectivity index (χ4n) is 3.14. The summed E-state index contributed by atoms with van der Waals surface area (Å²) >= 11 is 0. The van der Waals surface area contributed by atoms with Gasteiger partial charge in [-0.15, -0.1) is 0 Å². The zero-order valence-electron chi connectivity index (χ0n) is 13.9. The minimum absolute atomic E-state index is 0.106. The number of hydrogen-bond donors (Lipinski definition) is 1. The van der Waals surface area contributed by atoms with Gasteiger partial charge in [-0.1, -0.05) is 6.92 Å². The van der Waals surface area contributed by atoms with E-state index < -0.39 is 0 Å². The zero-order valence-corrected chi connectivity index (χ0v) is 13.9. The summed E-state index contributed by atoms with van der Waals surface area (Å²) in [5, 5.41) is 11.6. The minimum atomic E-state index is -0.225. The van der Waals surface area contributed by atoms with Crippen molar-refractivity contribution in [3.8, 4) is 6.07 Å². The lowest BCUT2D eigenvalue weighted by Gasteiger charge is -2.34. The molecule has 2 fully saturated rings. The van der Waals surface area contributed by atoms with Crippen LogP contribution in [0.4, 0.5) is 5.69 Å². The molecule has 1 aromatic rings. The van der Waals surface area contributed by atoms with Crippen molar-refractivity contribution >= 4 is 17.5 Å². The summed E-state index contributed by atoms with van der Waals surface area (Å²) in [6.07, 6.45) is 0.634.